The number of carbonyl (C=O) groups is 1. The molecule has 0 bridgehead atoms. The number of aromatic nitrogens is 1. The van der Waals surface area contributed by atoms with Crippen LogP contribution < -0.4 is 15.0 Å². The number of fused-ring (bicyclic) bond motifs is 1. The third-order valence-corrected chi connectivity index (χ3v) is 5.57. The zero-order chi connectivity index (χ0) is 19.3. The summed E-state index contributed by atoms with van der Waals surface area (Å²) < 4.78 is 5.67. The number of carbonyl (C=O) groups excluding carboxylic acids is 1. The second-order valence-corrected chi connectivity index (χ2v) is 7.66. The maximum atomic E-state index is 12.2. The van der Waals surface area contributed by atoms with Crippen LogP contribution in [0.3, 0.4) is 0 Å². The Hall–Kier alpha value is -2.60. The Kier molecular flexibility index (Phi) is 5.76. The Morgan fingerprint density at radius 1 is 1.11 bits per heavy atom. The first-order chi connectivity index (χ1) is 13.7. The average molecular weight is 380 g/mol. The first-order valence-electron chi connectivity index (χ1n) is 10.1. The summed E-state index contributed by atoms with van der Waals surface area (Å²) in [5, 5.41) is 2.94. The number of anilines is 1. The van der Waals surface area contributed by atoms with Gasteiger partial charge in [0.05, 0.1) is 0 Å². The van der Waals surface area contributed by atoms with Crippen molar-refractivity contribution in [2.75, 3.05) is 44.7 Å². The highest BCUT2D eigenvalue weighted by atomic mass is 16.5. The van der Waals surface area contributed by atoms with E-state index < -0.39 is 0 Å². The summed E-state index contributed by atoms with van der Waals surface area (Å²) in [4.78, 5) is 21.3. The van der Waals surface area contributed by atoms with Crippen LogP contribution in [-0.4, -0.2) is 55.6 Å². The predicted molar refractivity (Wildman–Crippen MR) is 110 cm³/mol. The standard InChI is InChI=1S/C22H28N4O2/c1-25-9-11-26(12-10-25)21-13-17(7-8-23-21)15-24-22(27)16-28-20-6-5-18-3-2-4-19(18)14-20/h5-8,13-14H,2-4,9-12,15-16H2,1H3,(H,24,27). The monoisotopic (exact) mass is 380 g/mol. The van der Waals surface area contributed by atoms with Crippen LogP contribution >= 0.6 is 0 Å². The number of nitrogens with one attached hydrogen (secondary N) is 1. The van der Waals surface area contributed by atoms with Gasteiger partial charge in [-0.25, -0.2) is 4.98 Å². The molecule has 1 N–H and O–H groups in total. The number of hydrogen-bond acceptors (Lipinski definition) is 5. The molecule has 1 saturated heterocycles. The fourth-order valence-electron chi connectivity index (χ4n) is 3.82. The van der Waals surface area contributed by atoms with Crippen LogP contribution in [0, 0.1) is 0 Å². The van der Waals surface area contributed by atoms with Gasteiger partial charge in [-0.3, -0.25) is 4.79 Å². The SMILES string of the molecule is CN1CCN(c2cc(CNC(=O)COc3ccc4c(c3)CCC4)ccn2)CC1. The lowest BCUT2D eigenvalue weighted by atomic mass is 10.1. The molecule has 0 spiro atoms. The summed E-state index contributed by atoms with van der Waals surface area (Å²) in [6.45, 7) is 4.57. The minimum atomic E-state index is -0.113. The van der Waals surface area contributed by atoms with E-state index in [-0.39, 0.29) is 12.5 Å². The molecule has 1 aliphatic carbocycles. The summed E-state index contributed by atoms with van der Waals surface area (Å²) in [5.41, 5.74) is 3.81. The van der Waals surface area contributed by atoms with Gasteiger partial charge in [0.25, 0.3) is 5.91 Å². The van der Waals surface area contributed by atoms with Gasteiger partial charge in [0.1, 0.15) is 11.6 Å². The van der Waals surface area contributed by atoms with Crippen molar-refractivity contribution < 1.29 is 9.53 Å². The second-order valence-electron chi connectivity index (χ2n) is 7.66. The molecule has 2 heterocycles. The summed E-state index contributed by atoms with van der Waals surface area (Å²) in [7, 11) is 2.14. The normalized spacial score (nSPS) is 16.7. The third kappa shape index (κ3) is 4.62. The number of ether oxygens (including phenoxy) is 1. The van der Waals surface area contributed by atoms with Crippen LogP contribution in [0.4, 0.5) is 5.82 Å². The van der Waals surface area contributed by atoms with Crippen LogP contribution in [-0.2, 0) is 24.2 Å². The van der Waals surface area contributed by atoms with E-state index in [2.05, 4.69) is 45.3 Å². The predicted octanol–water partition coefficient (Wildman–Crippen LogP) is 2.02. The molecule has 1 amide bonds. The van der Waals surface area contributed by atoms with E-state index in [9.17, 15) is 4.79 Å². The Bertz CT molecular complexity index is 831. The molecule has 148 valence electrons. The van der Waals surface area contributed by atoms with Crippen LogP contribution in [0.25, 0.3) is 0 Å². The molecule has 2 aromatic rings. The van der Waals surface area contributed by atoms with E-state index >= 15 is 0 Å². The molecular weight excluding hydrogens is 352 g/mol. The van der Waals surface area contributed by atoms with Crippen molar-refractivity contribution in [1.82, 2.24) is 15.2 Å². The number of nitrogens with zero attached hydrogens (tertiary/aromatic N) is 3. The van der Waals surface area contributed by atoms with E-state index in [1.54, 1.807) is 0 Å². The molecule has 6 nitrogen and oxygen atoms in total. The van der Waals surface area contributed by atoms with Gasteiger partial charge in [-0.2, -0.15) is 0 Å². The highest BCUT2D eigenvalue weighted by Gasteiger charge is 2.16. The zero-order valence-electron chi connectivity index (χ0n) is 16.5. The molecule has 2 aliphatic rings. The van der Waals surface area contributed by atoms with Gasteiger partial charge in [-0.1, -0.05) is 6.07 Å². The fraction of sp³-hybridized carbons (Fsp3) is 0.455. The minimum Gasteiger partial charge on any atom is -0.484 e. The minimum absolute atomic E-state index is 0.0369. The number of amides is 1. The molecule has 0 radical (unpaired) electrons. The number of pyridine rings is 1. The van der Waals surface area contributed by atoms with E-state index in [4.69, 9.17) is 4.74 Å². The quantitative estimate of drug-likeness (QED) is 0.831. The summed E-state index contributed by atoms with van der Waals surface area (Å²) in [6, 6.07) is 10.2. The number of rotatable bonds is 6. The number of piperazine rings is 1. The topological polar surface area (TPSA) is 57.7 Å². The van der Waals surface area contributed by atoms with Crippen LogP contribution in [0.2, 0.25) is 0 Å². The molecule has 4 rings (SSSR count). The summed E-state index contributed by atoms with van der Waals surface area (Å²) in [6.07, 6.45) is 5.28. The van der Waals surface area contributed by atoms with E-state index in [1.807, 2.05) is 18.3 Å². The van der Waals surface area contributed by atoms with Crippen molar-refractivity contribution in [3.63, 3.8) is 0 Å². The number of likely N-dealkylation sites (N-methyl/N-ethyl adjacent to an activating group) is 1. The Morgan fingerprint density at radius 2 is 1.93 bits per heavy atom. The van der Waals surface area contributed by atoms with Crippen molar-refractivity contribution in [1.29, 1.82) is 0 Å². The molecule has 6 heteroatoms. The average Bonchev–Trinajstić information content (AvgIpc) is 3.19. The molecule has 1 fully saturated rings. The van der Waals surface area contributed by atoms with Crippen molar-refractivity contribution in [2.45, 2.75) is 25.8 Å². The smallest absolute Gasteiger partial charge is 0.258 e. The highest BCUT2D eigenvalue weighted by molar-refractivity contribution is 5.77. The molecular formula is C22H28N4O2. The van der Waals surface area contributed by atoms with Crippen LogP contribution in [0.1, 0.15) is 23.1 Å². The van der Waals surface area contributed by atoms with Gasteiger partial charge >= 0.3 is 0 Å². The van der Waals surface area contributed by atoms with Crippen molar-refractivity contribution in [3.05, 3.63) is 53.2 Å². The van der Waals surface area contributed by atoms with Crippen LogP contribution in [0.15, 0.2) is 36.5 Å². The van der Waals surface area contributed by atoms with Gasteiger partial charge in [0.15, 0.2) is 6.61 Å². The Labute approximate surface area is 166 Å². The number of hydrogen-bond donors (Lipinski definition) is 1. The van der Waals surface area contributed by atoms with Crippen molar-refractivity contribution in [2.24, 2.45) is 0 Å². The highest BCUT2D eigenvalue weighted by Crippen LogP contribution is 2.25. The fourth-order valence-corrected chi connectivity index (χ4v) is 3.82. The first-order valence-corrected chi connectivity index (χ1v) is 10.1. The van der Waals surface area contributed by atoms with Gasteiger partial charge in [-0.05, 0) is 67.3 Å². The van der Waals surface area contributed by atoms with Gasteiger partial charge in [0, 0.05) is 38.9 Å². The van der Waals surface area contributed by atoms with E-state index in [0.717, 1.165) is 56.2 Å². The van der Waals surface area contributed by atoms with Crippen LogP contribution in [0.5, 0.6) is 5.75 Å². The Morgan fingerprint density at radius 3 is 2.79 bits per heavy atom. The molecule has 28 heavy (non-hydrogen) atoms. The van der Waals surface area contributed by atoms with E-state index in [0.29, 0.717) is 6.54 Å². The van der Waals surface area contributed by atoms with Crippen molar-refractivity contribution in [3.8, 4) is 5.75 Å². The molecule has 1 aliphatic heterocycles. The maximum absolute atomic E-state index is 12.2. The van der Waals surface area contributed by atoms with E-state index in [1.165, 1.54) is 17.5 Å². The number of aryl methyl sites for hydroxylation is 2. The Balaban J connectivity index is 1.26. The largest absolute Gasteiger partial charge is 0.484 e. The molecule has 0 saturated carbocycles. The van der Waals surface area contributed by atoms with Gasteiger partial charge in [-0.15, -0.1) is 0 Å². The molecule has 1 aromatic carbocycles. The zero-order valence-corrected chi connectivity index (χ0v) is 16.5. The second kappa shape index (κ2) is 8.61. The summed E-state index contributed by atoms with van der Waals surface area (Å²) >= 11 is 0. The molecule has 1 aromatic heterocycles. The first kappa shape index (κ1) is 18.7. The number of benzene rings is 1. The maximum Gasteiger partial charge on any atom is 0.258 e. The lowest BCUT2D eigenvalue weighted by Crippen LogP contribution is -2.44. The lowest BCUT2D eigenvalue weighted by Gasteiger charge is -2.33. The molecule has 0 atom stereocenters. The summed E-state index contributed by atoms with van der Waals surface area (Å²) in [5.74, 6) is 1.64. The van der Waals surface area contributed by atoms with Gasteiger partial charge < -0.3 is 19.9 Å². The van der Waals surface area contributed by atoms with Gasteiger partial charge in [0.2, 0.25) is 0 Å². The van der Waals surface area contributed by atoms with Crippen molar-refractivity contribution >= 4 is 11.7 Å². The molecule has 0 unspecified atom stereocenters. The lowest BCUT2D eigenvalue weighted by molar-refractivity contribution is -0.123. The third-order valence-electron chi connectivity index (χ3n) is 5.57.